The first-order chi connectivity index (χ1) is 9.61. The Morgan fingerprint density at radius 1 is 1.14 bits per heavy atom. The molecule has 0 spiro atoms. The topological polar surface area (TPSA) is 66.6 Å². The minimum absolute atomic E-state index is 0. The summed E-state index contributed by atoms with van der Waals surface area (Å²) in [6.45, 7) is 2.57. The fraction of sp³-hybridized carbons (Fsp3) is 0.429. The third-order valence-electron chi connectivity index (χ3n) is 3.35. The maximum atomic E-state index is 12.3. The number of nitrogens with zero attached hydrogens (tertiary/aromatic N) is 2. The summed E-state index contributed by atoms with van der Waals surface area (Å²) in [6.07, 6.45) is 0.363. The molecule has 2 rings (SSSR count). The van der Waals surface area contributed by atoms with Crippen LogP contribution < -0.4 is 5.73 Å². The van der Waals surface area contributed by atoms with E-state index in [0.29, 0.717) is 49.7 Å². The number of piperazine rings is 1. The predicted molar refractivity (Wildman–Crippen MR) is 84.9 cm³/mol. The smallest absolute Gasteiger partial charge is 0.254 e. The minimum atomic E-state index is -0.0431. The highest BCUT2D eigenvalue weighted by Gasteiger charge is 2.24. The lowest BCUT2D eigenvalue weighted by atomic mass is 10.2. The van der Waals surface area contributed by atoms with E-state index in [4.69, 9.17) is 17.3 Å². The number of carbonyl (C=O) groups is 2. The van der Waals surface area contributed by atoms with Crippen molar-refractivity contribution in [3.63, 3.8) is 0 Å². The molecule has 1 aliphatic rings. The van der Waals surface area contributed by atoms with E-state index in [0.717, 1.165) is 0 Å². The van der Waals surface area contributed by atoms with Gasteiger partial charge in [-0.1, -0.05) is 17.7 Å². The highest BCUT2D eigenvalue weighted by Crippen LogP contribution is 2.14. The van der Waals surface area contributed by atoms with Crippen molar-refractivity contribution in [3.05, 3.63) is 34.9 Å². The summed E-state index contributed by atoms with van der Waals surface area (Å²) in [5.41, 5.74) is 5.96. The van der Waals surface area contributed by atoms with Gasteiger partial charge in [-0.05, 0) is 18.2 Å². The van der Waals surface area contributed by atoms with Crippen LogP contribution >= 0.6 is 24.0 Å². The molecule has 0 radical (unpaired) electrons. The number of amides is 2. The van der Waals surface area contributed by atoms with Crippen LogP contribution in [0, 0.1) is 0 Å². The van der Waals surface area contributed by atoms with Gasteiger partial charge in [0.15, 0.2) is 0 Å². The summed E-state index contributed by atoms with van der Waals surface area (Å²) in [4.78, 5) is 27.5. The maximum Gasteiger partial charge on any atom is 0.254 e. The van der Waals surface area contributed by atoms with Crippen molar-refractivity contribution in [2.24, 2.45) is 5.73 Å². The molecule has 7 heteroatoms. The Morgan fingerprint density at radius 2 is 1.76 bits per heavy atom. The second-order valence-electron chi connectivity index (χ2n) is 4.72. The average molecular weight is 332 g/mol. The van der Waals surface area contributed by atoms with Gasteiger partial charge in [0.05, 0.1) is 0 Å². The molecular weight excluding hydrogens is 313 g/mol. The first-order valence-corrected chi connectivity index (χ1v) is 7.02. The second-order valence-corrected chi connectivity index (χ2v) is 5.16. The van der Waals surface area contributed by atoms with Crippen molar-refractivity contribution in [1.29, 1.82) is 0 Å². The molecule has 1 aromatic rings. The standard InChI is InChI=1S/C14H18ClN3O2.ClH/c15-12-3-1-2-11(10-12)14(20)18-8-6-17(7-9-18)13(19)4-5-16;/h1-3,10H,4-9,16H2;1H. The molecule has 1 heterocycles. The van der Waals surface area contributed by atoms with Crippen LogP contribution in [0.15, 0.2) is 24.3 Å². The molecule has 2 amide bonds. The Bertz CT molecular complexity index is 503. The van der Waals surface area contributed by atoms with E-state index in [2.05, 4.69) is 0 Å². The third kappa shape index (κ3) is 4.59. The predicted octanol–water partition coefficient (Wildman–Crippen LogP) is 1.39. The highest BCUT2D eigenvalue weighted by molar-refractivity contribution is 6.30. The van der Waals surface area contributed by atoms with Crippen LogP contribution in [-0.2, 0) is 4.79 Å². The van der Waals surface area contributed by atoms with Crippen molar-refractivity contribution >= 4 is 35.8 Å². The summed E-state index contributed by atoms with van der Waals surface area (Å²) in [5.74, 6) is 0.0146. The van der Waals surface area contributed by atoms with Gasteiger partial charge in [-0.25, -0.2) is 0 Å². The van der Waals surface area contributed by atoms with E-state index >= 15 is 0 Å². The zero-order valence-corrected chi connectivity index (χ0v) is 13.2. The number of hydrogen-bond acceptors (Lipinski definition) is 3. The van der Waals surface area contributed by atoms with Crippen LogP contribution in [-0.4, -0.2) is 54.3 Å². The number of nitrogens with two attached hydrogens (primary N) is 1. The molecule has 0 atom stereocenters. The largest absolute Gasteiger partial charge is 0.339 e. The molecule has 1 saturated heterocycles. The summed E-state index contributed by atoms with van der Waals surface area (Å²) < 4.78 is 0. The molecule has 1 fully saturated rings. The van der Waals surface area contributed by atoms with Crippen molar-refractivity contribution in [3.8, 4) is 0 Å². The van der Waals surface area contributed by atoms with E-state index in [1.165, 1.54) is 0 Å². The lowest BCUT2D eigenvalue weighted by Gasteiger charge is -2.34. The molecule has 0 aliphatic carbocycles. The first kappa shape index (κ1) is 17.8. The number of rotatable bonds is 3. The lowest BCUT2D eigenvalue weighted by Crippen LogP contribution is -2.50. The highest BCUT2D eigenvalue weighted by atomic mass is 35.5. The molecule has 2 N–H and O–H groups in total. The van der Waals surface area contributed by atoms with Crippen LogP contribution in [0.5, 0.6) is 0 Å². The Morgan fingerprint density at radius 3 is 2.33 bits per heavy atom. The third-order valence-corrected chi connectivity index (χ3v) is 3.58. The van der Waals surface area contributed by atoms with E-state index in [1.54, 1.807) is 34.1 Å². The maximum absolute atomic E-state index is 12.3. The normalized spacial score (nSPS) is 14.6. The Kier molecular flexibility index (Phi) is 6.95. The zero-order valence-electron chi connectivity index (χ0n) is 11.6. The monoisotopic (exact) mass is 331 g/mol. The van der Waals surface area contributed by atoms with Crippen LogP contribution in [0.25, 0.3) is 0 Å². The number of benzene rings is 1. The van der Waals surface area contributed by atoms with E-state index in [9.17, 15) is 9.59 Å². The van der Waals surface area contributed by atoms with E-state index in [1.807, 2.05) is 0 Å². The van der Waals surface area contributed by atoms with E-state index < -0.39 is 0 Å². The van der Waals surface area contributed by atoms with Crippen molar-refractivity contribution in [2.45, 2.75) is 6.42 Å². The Balaban J connectivity index is 0.00000220. The average Bonchev–Trinajstić information content (AvgIpc) is 2.47. The number of carbonyl (C=O) groups excluding carboxylic acids is 2. The molecule has 0 bridgehead atoms. The molecule has 0 saturated carbocycles. The van der Waals surface area contributed by atoms with Crippen LogP contribution in [0.4, 0.5) is 0 Å². The van der Waals surface area contributed by atoms with Crippen molar-refractivity contribution in [2.75, 3.05) is 32.7 Å². The summed E-state index contributed by atoms with van der Waals surface area (Å²) in [7, 11) is 0. The Labute approximate surface area is 135 Å². The molecule has 1 aromatic carbocycles. The molecule has 0 unspecified atom stereocenters. The zero-order chi connectivity index (χ0) is 14.5. The molecule has 21 heavy (non-hydrogen) atoms. The van der Waals surface area contributed by atoms with E-state index in [-0.39, 0.29) is 24.2 Å². The molecule has 0 aromatic heterocycles. The fourth-order valence-corrected chi connectivity index (χ4v) is 2.43. The van der Waals surface area contributed by atoms with Crippen LogP contribution in [0.1, 0.15) is 16.8 Å². The van der Waals surface area contributed by atoms with Gasteiger partial charge in [0.1, 0.15) is 0 Å². The number of halogens is 2. The van der Waals surface area contributed by atoms with Gasteiger partial charge in [-0.2, -0.15) is 0 Å². The van der Waals surface area contributed by atoms with Gasteiger partial charge in [0, 0.05) is 49.7 Å². The molecule has 1 aliphatic heterocycles. The van der Waals surface area contributed by atoms with Gasteiger partial charge in [-0.3, -0.25) is 9.59 Å². The van der Waals surface area contributed by atoms with Crippen molar-refractivity contribution in [1.82, 2.24) is 9.80 Å². The molecule has 116 valence electrons. The van der Waals surface area contributed by atoms with Gasteiger partial charge in [0.2, 0.25) is 5.91 Å². The van der Waals surface area contributed by atoms with Gasteiger partial charge >= 0.3 is 0 Å². The van der Waals surface area contributed by atoms with Crippen LogP contribution in [0.3, 0.4) is 0 Å². The number of hydrogen-bond donors (Lipinski definition) is 1. The molecule has 5 nitrogen and oxygen atoms in total. The van der Waals surface area contributed by atoms with Crippen LogP contribution in [0.2, 0.25) is 5.02 Å². The summed E-state index contributed by atoms with van der Waals surface area (Å²) in [6, 6.07) is 6.91. The second kappa shape index (κ2) is 8.22. The minimum Gasteiger partial charge on any atom is -0.339 e. The molecular formula is C14H19Cl2N3O2. The van der Waals surface area contributed by atoms with Gasteiger partial charge in [0.25, 0.3) is 5.91 Å². The first-order valence-electron chi connectivity index (χ1n) is 6.64. The summed E-state index contributed by atoms with van der Waals surface area (Å²) >= 11 is 5.89. The SMILES string of the molecule is Cl.NCCC(=O)N1CCN(C(=O)c2cccc(Cl)c2)CC1. The lowest BCUT2D eigenvalue weighted by molar-refractivity contribution is -0.132. The van der Waals surface area contributed by atoms with Gasteiger partial charge < -0.3 is 15.5 Å². The van der Waals surface area contributed by atoms with Crippen molar-refractivity contribution < 1.29 is 9.59 Å². The fourth-order valence-electron chi connectivity index (χ4n) is 2.24. The van der Waals surface area contributed by atoms with Gasteiger partial charge in [-0.15, -0.1) is 12.4 Å². The summed E-state index contributed by atoms with van der Waals surface area (Å²) in [5, 5.41) is 0.549. The quantitative estimate of drug-likeness (QED) is 0.910. The Hall–Kier alpha value is -1.30.